The molecule has 1 aromatic carbocycles. The number of hydrogen-bond acceptors (Lipinski definition) is 3. The number of likely N-dealkylation sites (N-methyl/N-ethyl adjacent to an activating group) is 2. The van der Waals surface area contributed by atoms with Crippen LogP contribution in [0.5, 0.6) is 0 Å². The Balaban J connectivity index is 0.000000873. The molecule has 1 atom stereocenters. The first-order chi connectivity index (χ1) is 8.47. The smallest absolute Gasteiger partial charge is 0.290 e. The maximum atomic E-state index is 11.7. The fourth-order valence-corrected chi connectivity index (χ4v) is 1.57. The number of rotatable bonds is 3. The van der Waals surface area contributed by atoms with Gasteiger partial charge in [-0.15, -0.1) is 0 Å². The molecular formula is C13H20N2O3. The van der Waals surface area contributed by atoms with Gasteiger partial charge in [-0.1, -0.05) is 29.8 Å². The summed E-state index contributed by atoms with van der Waals surface area (Å²) in [6, 6.07) is 7.82. The zero-order valence-corrected chi connectivity index (χ0v) is 11.2. The molecular weight excluding hydrogens is 232 g/mol. The second kappa shape index (κ2) is 8.25. The van der Waals surface area contributed by atoms with E-state index in [1.165, 1.54) is 5.56 Å². The second-order valence-electron chi connectivity index (χ2n) is 4.00. The van der Waals surface area contributed by atoms with Crippen LogP contribution in [0.3, 0.4) is 0 Å². The van der Waals surface area contributed by atoms with Gasteiger partial charge in [0, 0.05) is 7.05 Å². The molecule has 0 aliphatic rings. The first-order valence-electron chi connectivity index (χ1n) is 5.50. The number of benzene rings is 1. The fourth-order valence-electron chi connectivity index (χ4n) is 1.57. The normalized spacial score (nSPS) is 11.2. The highest BCUT2D eigenvalue weighted by atomic mass is 16.3. The molecule has 1 rings (SSSR count). The minimum Gasteiger partial charge on any atom is -0.483 e. The molecule has 1 amide bonds. The van der Waals surface area contributed by atoms with Crippen LogP contribution in [-0.2, 0) is 9.59 Å². The molecule has 5 nitrogen and oxygen atoms in total. The molecule has 100 valence electrons. The van der Waals surface area contributed by atoms with Gasteiger partial charge < -0.3 is 10.4 Å². The summed E-state index contributed by atoms with van der Waals surface area (Å²) >= 11 is 0. The van der Waals surface area contributed by atoms with Crippen molar-refractivity contribution < 1.29 is 14.7 Å². The number of hydrogen-bond donors (Lipinski definition) is 2. The van der Waals surface area contributed by atoms with E-state index in [1.807, 2.05) is 50.2 Å². The van der Waals surface area contributed by atoms with Crippen molar-refractivity contribution in [2.45, 2.75) is 13.0 Å². The Morgan fingerprint density at radius 2 is 1.78 bits per heavy atom. The van der Waals surface area contributed by atoms with E-state index in [9.17, 15) is 4.79 Å². The van der Waals surface area contributed by atoms with Crippen molar-refractivity contribution in [1.82, 2.24) is 10.2 Å². The van der Waals surface area contributed by atoms with Crippen LogP contribution in [0.2, 0.25) is 0 Å². The molecule has 18 heavy (non-hydrogen) atoms. The second-order valence-corrected chi connectivity index (χ2v) is 4.00. The number of aryl methyl sites for hydroxylation is 1. The average Bonchev–Trinajstić information content (AvgIpc) is 2.32. The predicted octanol–water partition coefficient (Wildman–Crippen LogP) is 1.04. The van der Waals surface area contributed by atoms with Crippen molar-refractivity contribution in [2.24, 2.45) is 0 Å². The third kappa shape index (κ3) is 4.97. The molecule has 0 radical (unpaired) electrons. The highest BCUT2D eigenvalue weighted by Gasteiger charge is 2.21. The van der Waals surface area contributed by atoms with Crippen LogP contribution in [-0.4, -0.2) is 43.5 Å². The molecule has 2 N–H and O–H groups in total. The summed E-state index contributed by atoms with van der Waals surface area (Å²) < 4.78 is 0. The van der Waals surface area contributed by atoms with Crippen LogP contribution < -0.4 is 5.32 Å². The van der Waals surface area contributed by atoms with E-state index in [-0.39, 0.29) is 18.4 Å². The van der Waals surface area contributed by atoms with Crippen molar-refractivity contribution in [3.05, 3.63) is 35.4 Å². The molecule has 0 heterocycles. The Labute approximate surface area is 107 Å². The fraction of sp³-hybridized carbons (Fsp3) is 0.385. The van der Waals surface area contributed by atoms with Crippen molar-refractivity contribution in [1.29, 1.82) is 0 Å². The zero-order valence-electron chi connectivity index (χ0n) is 11.2. The van der Waals surface area contributed by atoms with E-state index in [4.69, 9.17) is 9.90 Å². The summed E-state index contributed by atoms with van der Waals surface area (Å²) in [7, 11) is 5.46. The summed E-state index contributed by atoms with van der Waals surface area (Å²) in [6.07, 6.45) is 0. The van der Waals surface area contributed by atoms with Gasteiger partial charge >= 0.3 is 0 Å². The lowest BCUT2D eigenvalue weighted by Gasteiger charge is -2.23. The lowest BCUT2D eigenvalue weighted by atomic mass is 10.0. The van der Waals surface area contributed by atoms with Crippen LogP contribution in [0, 0.1) is 6.92 Å². The lowest BCUT2D eigenvalue weighted by Crippen LogP contribution is -2.35. The van der Waals surface area contributed by atoms with Crippen molar-refractivity contribution >= 4 is 12.4 Å². The van der Waals surface area contributed by atoms with Gasteiger partial charge in [-0.25, -0.2) is 0 Å². The molecule has 0 bridgehead atoms. The maximum absolute atomic E-state index is 11.7. The molecule has 0 spiro atoms. The van der Waals surface area contributed by atoms with E-state index in [1.54, 1.807) is 7.05 Å². The molecule has 0 aliphatic heterocycles. The highest BCUT2D eigenvalue weighted by molar-refractivity contribution is 5.82. The maximum Gasteiger partial charge on any atom is 0.290 e. The van der Waals surface area contributed by atoms with Gasteiger partial charge in [0.05, 0.1) is 0 Å². The van der Waals surface area contributed by atoms with Gasteiger partial charge in [-0.05, 0) is 26.6 Å². The van der Waals surface area contributed by atoms with E-state index >= 15 is 0 Å². The van der Waals surface area contributed by atoms with Crippen LogP contribution in [0.4, 0.5) is 0 Å². The Kier molecular flexibility index (Phi) is 7.38. The van der Waals surface area contributed by atoms with Gasteiger partial charge in [-0.3, -0.25) is 14.5 Å². The minimum absolute atomic E-state index is 0.0175. The number of carbonyl (C=O) groups excluding carboxylic acids is 1. The highest BCUT2D eigenvalue weighted by Crippen LogP contribution is 2.18. The number of nitrogens with zero attached hydrogens (tertiary/aromatic N) is 1. The van der Waals surface area contributed by atoms with E-state index < -0.39 is 0 Å². The van der Waals surface area contributed by atoms with Crippen LogP contribution in [0.15, 0.2) is 24.3 Å². The third-order valence-electron chi connectivity index (χ3n) is 2.40. The van der Waals surface area contributed by atoms with Crippen molar-refractivity contribution in [3.63, 3.8) is 0 Å². The van der Waals surface area contributed by atoms with E-state index in [2.05, 4.69) is 5.32 Å². The summed E-state index contributed by atoms with van der Waals surface area (Å²) in [5, 5.41) is 9.57. The van der Waals surface area contributed by atoms with Gasteiger partial charge in [0.1, 0.15) is 6.04 Å². The molecule has 1 unspecified atom stereocenters. The van der Waals surface area contributed by atoms with Gasteiger partial charge in [0.15, 0.2) is 0 Å². The van der Waals surface area contributed by atoms with Gasteiger partial charge in [0.25, 0.3) is 6.47 Å². The Bertz CT molecular complexity index is 374. The number of carboxylic acid groups (broad SMARTS) is 1. The minimum atomic E-state index is -0.250. The van der Waals surface area contributed by atoms with Crippen LogP contribution in [0.25, 0.3) is 0 Å². The Morgan fingerprint density at radius 3 is 2.11 bits per heavy atom. The van der Waals surface area contributed by atoms with Crippen LogP contribution in [0.1, 0.15) is 17.2 Å². The molecule has 0 fully saturated rings. The summed E-state index contributed by atoms with van der Waals surface area (Å²) in [6.45, 7) is 1.79. The molecule has 5 heteroatoms. The van der Waals surface area contributed by atoms with Crippen molar-refractivity contribution in [3.8, 4) is 0 Å². The standard InChI is InChI=1S/C12H18N2O.CH2O2/c1-9-5-7-10(8-6-9)11(14(3)4)12(15)13-2;2-1-3/h5-8,11H,1-4H3,(H,13,15);1H,(H,2,3). The summed E-state index contributed by atoms with van der Waals surface area (Å²) in [5.41, 5.74) is 2.22. The summed E-state index contributed by atoms with van der Waals surface area (Å²) in [4.78, 5) is 22.0. The Hall–Kier alpha value is -1.88. The zero-order chi connectivity index (χ0) is 14.1. The first kappa shape index (κ1) is 16.1. The quantitative estimate of drug-likeness (QED) is 0.789. The third-order valence-corrected chi connectivity index (χ3v) is 2.40. The van der Waals surface area contributed by atoms with Crippen molar-refractivity contribution in [2.75, 3.05) is 21.1 Å². The molecule has 0 saturated carbocycles. The topological polar surface area (TPSA) is 69.6 Å². The summed E-state index contributed by atoms with van der Waals surface area (Å²) in [5.74, 6) is 0.0175. The van der Waals surface area contributed by atoms with Gasteiger partial charge in [0.2, 0.25) is 5.91 Å². The van der Waals surface area contributed by atoms with Gasteiger partial charge in [-0.2, -0.15) is 0 Å². The molecule has 0 aromatic heterocycles. The van der Waals surface area contributed by atoms with E-state index in [0.717, 1.165) is 5.56 Å². The number of nitrogens with one attached hydrogen (secondary N) is 1. The first-order valence-corrected chi connectivity index (χ1v) is 5.50. The lowest BCUT2D eigenvalue weighted by molar-refractivity contribution is -0.125. The SMILES string of the molecule is CNC(=O)C(c1ccc(C)cc1)N(C)C.O=CO. The number of carbonyl (C=O) groups is 2. The number of amides is 1. The molecule has 0 saturated heterocycles. The monoisotopic (exact) mass is 252 g/mol. The average molecular weight is 252 g/mol. The van der Waals surface area contributed by atoms with Crippen LogP contribution >= 0.6 is 0 Å². The molecule has 1 aromatic rings. The predicted molar refractivity (Wildman–Crippen MR) is 70.4 cm³/mol. The Morgan fingerprint density at radius 1 is 1.33 bits per heavy atom. The molecule has 0 aliphatic carbocycles. The largest absolute Gasteiger partial charge is 0.483 e. The van der Waals surface area contributed by atoms with E-state index in [0.29, 0.717) is 0 Å².